The Balaban J connectivity index is 2.83. The van der Waals surface area contributed by atoms with Crippen molar-refractivity contribution in [2.24, 2.45) is 0 Å². The fraction of sp³-hybridized carbons (Fsp3) is 0.471. The van der Waals surface area contributed by atoms with Crippen LogP contribution in [0.3, 0.4) is 0 Å². The topological polar surface area (TPSA) is 44.8 Å². The van der Waals surface area contributed by atoms with Crippen LogP contribution in [0.15, 0.2) is 24.3 Å². The van der Waals surface area contributed by atoms with Crippen LogP contribution < -0.4 is 9.47 Å². The first-order chi connectivity index (χ1) is 10.1. The van der Waals surface area contributed by atoms with Gasteiger partial charge in [-0.3, -0.25) is 0 Å². The smallest absolute Gasteiger partial charge is 0.317 e. The van der Waals surface area contributed by atoms with Crippen molar-refractivity contribution in [1.29, 1.82) is 0 Å². The second-order valence-electron chi connectivity index (χ2n) is 6.63. The Kier molecular flexibility index (Phi) is 5.83. The van der Waals surface area contributed by atoms with Crippen LogP contribution in [0.1, 0.15) is 26.3 Å². The molecule has 0 aliphatic heterocycles. The monoisotopic (exact) mass is 322 g/mol. The highest BCUT2D eigenvalue weighted by Crippen LogP contribution is 2.36. The average Bonchev–Trinajstić information content (AvgIpc) is 2.43. The molecule has 0 saturated carbocycles. The second kappa shape index (κ2) is 7.00. The minimum atomic E-state index is -2.08. The first-order valence-electron chi connectivity index (χ1n) is 7.24. The van der Waals surface area contributed by atoms with E-state index in [-0.39, 0.29) is 11.0 Å². The second-order valence-corrected chi connectivity index (χ2v) is 11.4. The van der Waals surface area contributed by atoms with E-state index in [1.165, 1.54) is 6.08 Å². The molecule has 0 aromatic heterocycles. The number of ether oxygens (including phenoxy) is 2. The van der Waals surface area contributed by atoms with Gasteiger partial charge in [-0.2, -0.15) is 0 Å². The largest absolute Gasteiger partial charge is 0.516 e. The predicted molar refractivity (Wildman–Crippen MR) is 91.9 cm³/mol. The summed E-state index contributed by atoms with van der Waals surface area (Å²) >= 11 is 0. The molecule has 0 bridgehead atoms. The van der Waals surface area contributed by atoms with E-state index in [1.54, 1.807) is 26.4 Å². The molecule has 0 spiro atoms. The van der Waals surface area contributed by atoms with Crippen molar-refractivity contribution in [2.75, 3.05) is 14.2 Å². The average molecular weight is 322 g/mol. The summed E-state index contributed by atoms with van der Waals surface area (Å²) in [4.78, 5) is 12.0. The van der Waals surface area contributed by atoms with E-state index in [9.17, 15) is 4.79 Å². The Morgan fingerprint density at radius 3 is 2.18 bits per heavy atom. The van der Waals surface area contributed by atoms with Crippen molar-refractivity contribution in [3.05, 3.63) is 29.8 Å². The van der Waals surface area contributed by atoms with Gasteiger partial charge in [-0.25, -0.2) is 4.79 Å². The molecule has 4 nitrogen and oxygen atoms in total. The van der Waals surface area contributed by atoms with Crippen molar-refractivity contribution in [2.45, 2.75) is 38.9 Å². The third-order valence-electron chi connectivity index (χ3n) is 3.98. The summed E-state index contributed by atoms with van der Waals surface area (Å²) in [5, 5.41) is -0.000165. The number of hydrogen-bond donors (Lipinski definition) is 0. The molecule has 1 aromatic carbocycles. The molecule has 22 heavy (non-hydrogen) atoms. The van der Waals surface area contributed by atoms with Crippen LogP contribution in [-0.2, 0) is 9.22 Å². The van der Waals surface area contributed by atoms with E-state index in [0.717, 1.165) is 5.56 Å². The van der Waals surface area contributed by atoms with E-state index in [2.05, 4.69) is 33.9 Å². The fourth-order valence-corrected chi connectivity index (χ4v) is 2.44. The number of benzene rings is 1. The van der Waals surface area contributed by atoms with E-state index >= 15 is 0 Å². The Labute approximate surface area is 134 Å². The van der Waals surface area contributed by atoms with Gasteiger partial charge in [-0.15, -0.1) is 0 Å². The minimum absolute atomic E-state index is 0.000165. The fourth-order valence-electron chi connectivity index (χ4n) is 1.56. The van der Waals surface area contributed by atoms with Gasteiger partial charge in [0.15, 0.2) is 11.5 Å². The Hall–Kier alpha value is -1.75. The van der Waals surface area contributed by atoms with Crippen LogP contribution in [-0.4, -0.2) is 28.5 Å². The lowest BCUT2D eigenvalue weighted by atomic mass is 10.2. The molecule has 1 rings (SSSR count). The van der Waals surface area contributed by atoms with E-state index in [0.29, 0.717) is 11.5 Å². The molecule has 1 aromatic rings. The molecule has 0 atom stereocenters. The van der Waals surface area contributed by atoms with Crippen LogP contribution in [0.5, 0.6) is 11.5 Å². The number of methoxy groups -OCH3 is 2. The van der Waals surface area contributed by atoms with Crippen LogP contribution >= 0.6 is 0 Å². The summed E-state index contributed by atoms with van der Waals surface area (Å²) < 4.78 is 16.1. The Bertz CT molecular complexity index is 556. The van der Waals surface area contributed by atoms with Crippen molar-refractivity contribution in [3.8, 4) is 11.5 Å². The van der Waals surface area contributed by atoms with Crippen LogP contribution in [0.2, 0.25) is 18.1 Å². The molecule has 0 heterocycles. The summed E-state index contributed by atoms with van der Waals surface area (Å²) in [6.45, 7) is 10.4. The lowest BCUT2D eigenvalue weighted by Gasteiger charge is -2.34. The summed E-state index contributed by atoms with van der Waals surface area (Å²) in [5.41, 5.74) is 0.852. The molecule has 0 amide bonds. The quantitative estimate of drug-likeness (QED) is 0.600. The first kappa shape index (κ1) is 18.3. The minimum Gasteiger partial charge on any atom is -0.516 e. The van der Waals surface area contributed by atoms with Crippen LogP contribution in [0.4, 0.5) is 0 Å². The molecular weight excluding hydrogens is 296 g/mol. The zero-order chi connectivity index (χ0) is 17.0. The van der Waals surface area contributed by atoms with Crippen molar-refractivity contribution in [1.82, 2.24) is 0 Å². The Morgan fingerprint density at radius 2 is 1.68 bits per heavy atom. The molecule has 0 fully saturated rings. The maximum Gasteiger partial charge on any atom is 0.317 e. The molecule has 0 N–H and O–H groups in total. The molecule has 0 unspecified atom stereocenters. The van der Waals surface area contributed by atoms with Crippen molar-refractivity contribution >= 4 is 20.4 Å². The van der Waals surface area contributed by atoms with Gasteiger partial charge in [0.2, 0.25) is 0 Å². The van der Waals surface area contributed by atoms with Crippen LogP contribution in [0.25, 0.3) is 6.08 Å². The summed E-state index contributed by atoms with van der Waals surface area (Å²) in [5.74, 6) is 0.979. The summed E-state index contributed by atoms with van der Waals surface area (Å²) in [7, 11) is 1.08. The van der Waals surface area contributed by atoms with Gasteiger partial charge >= 0.3 is 5.97 Å². The van der Waals surface area contributed by atoms with E-state index in [1.807, 2.05) is 12.1 Å². The van der Waals surface area contributed by atoms with E-state index < -0.39 is 8.32 Å². The van der Waals surface area contributed by atoms with E-state index in [4.69, 9.17) is 13.9 Å². The van der Waals surface area contributed by atoms with Crippen LogP contribution in [0, 0.1) is 0 Å². The summed E-state index contributed by atoms with van der Waals surface area (Å²) in [6, 6.07) is 5.48. The molecule has 0 saturated heterocycles. The first-order valence-corrected chi connectivity index (χ1v) is 10.1. The number of hydrogen-bond acceptors (Lipinski definition) is 4. The molecule has 0 aliphatic carbocycles. The van der Waals surface area contributed by atoms with Crippen molar-refractivity contribution in [3.63, 3.8) is 0 Å². The van der Waals surface area contributed by atoms with Crippen molar-refractivity contribution < 1.29 is 18.7 Å². The van der Waals surface area contributed by atoms with Gasteiger partial charge in [0, 0.05) is 6.08 Å². The maximum atomic E-state index is 12.0. The predicted octanol–water partition coefficient (Wildman–Crippen LogP) is 4.27. The SMILES string of the molecule is COc1ccc(/C=C/C(=O)O[Si](C)(C)C(C)(C)C)cc1OC. The Morgan fingerprint density at radius 1 is 1.09 bits per heavy atom. The maximum absolute atomic E-state index is 12.0. The summed E-state index contributed by atoms with van der Waals surface area (Å²) in [6.07, 6.45) is 3.18. The highest BCUT2D eigenvalue weighted by atomic mass is 28.4. The molecule has 0 aliphatic rings. The number of carbonyl (C=O) groups excluding carboxylic acids is 1. The van der Waals surface area contributed by atoms with Gasteiger partial charge in [-0.05, 0) is 41.9 Å². The zero-order valence-corrected chi connectivity index (χ0v) is 15.5. The van der Waals surface area contributed by atoms with Gasteiger partial charge in [0.05, 0.1) is 14.2 Å². The lowest BCUT2D eigenvalue weighted by molar-refractivity contribution is -0.129. The standard InChI is InChI=1S/C17H26O4Si/c1-17(2,3)22(6,7)21-16(18)11-9-13-8-10-14(19-4)15(12-13)20-5/h8-12H,1-7H3/b11-9+. The van der Waals surface area contributed by atoms with Gasteiger partial charge in [-0.1, -0.05) is 26.8 Å². The third kappa shape index (κ3) is 4.63. The lowest BCUT2D eigenvalue weighted by Crippen LogP contribution is -2.42. The molecule has 122 valence electrons. The molecule has 0 radical (unpaired) electrons. The van der Waals surface area contributed by atoms with Gasteiger partial charge in [0.25, 0.3) is 8.32 Å². The highest BCUT2D eigenvalue weighted by molar-refractivity contribution is 6.75. The third-order valence-corrected chi connectivity index (χ3v) is 8.31. The highest BCUT2D eigenvalue weighted by Gasteiger charge is 2.39. The zero-order valence-electron chi connectivity index (χ0n) is 14.5. The number of carbonyl (C=O) groups is 1. The van der Waals surface area contributed by atoms with Gasteiger partial charge < -0.3 is 13.9 Å². The molecular formula is C17H26O4Si. The number of rotatable bonds is 5. The molecule has 5 heteroatoms. The normalized spacial score (nSPS) is 12.3. The van der Waals surface area contributed by atoms with Gasteiger partial charge in [0.1, 0.15) is 0 Å².